The van der Waals surface area contributed by atoms with E-state index < -0.39 is 5.82 Å². The first kappa shape index (κ1) is 8.97. The van der Waals surface area contributed by atoms with E-state index in [9.17, 15) is 4.39 Å². The average molecular weight is 206 g/mol. The fourth-order valence-electron chi connectivity index (χ4n) is 1.41. The molecule has 0 saturated carbocycles. The first-order chi connectivity index (χ1) is 6.74. The zero-order chi connectivity index (χ0) is 10.1. The summed E-state index contributed by atoms with van der Waals surface area (Å²) in [6.45, 7) is 0. The number of anilines is 1. The zero-order valence-electron chi connectivity index (χ0n) is 7.25. The summed E-state index contributed by atoms with van der Waals surface area (Å²) in [7, 11) is 0. The van der Waals surface area contributed by atoms with Crippen LogP contribution in [0.2, 0.25) is 0 Å². The summed E-state index contributed by atoms with van der Waals surface area (Å²) in [5, 5.41) is 11.3. The van der Waals surface area contributed by atoms with E-state index in [1.165, 1.54) is 17.4 Å². The van der Waals surface area contributed by atoms with Crippen molar-refractivity contribution in [3.05, 3.63) is 28.9 Å². The number of hydrogen-bond acceptors (Lipinski definition) is 3. The molecule has 2 N–H and O–H groups in total. The predicted octanol–water partition coefficient (Wildman–Crippen LogP) is 2.69. The van der Waals surface area contributed by atoms with Crippen molar-refractivity contribution < 1.29 is 4.39 Å². The minimum absolute atomic E-state index is 0.0986. The van der Waals surface area contributed by atoms with Crippen molar-refractivity contribution in [2.45, 2.75) is 6.42 Å². The third-order valence-corrected chi connectivity index (χ3v) is 3.08. The van der Waals surface area contributed by atoms with Crippen molar-refractivity contribution in [2.24, 2.45) is 0 Å². The monoisotopic (exact) mass is 206 g/mol. The van der Waals surface area contributed by atoms with Crippen LogP contribution in [0.15, 0.2) is 17.5 Å². The first-order valence-electron chi connectivity index (χ1n) is 4.05. The third-order valence-electron chi connectivity index (χ3n) is 2.09. The van der Waals surface area contributed by atoms with Gasteiger partial charge in [-0.25, -0.2) is 4.39 Å². The molecule has 0 saturated heterocycles. The van der Waals surface area contributed by atoms with Gasteiger partial charge >= 0.3 is 0 Å². The fraction of sp³-hybridized carbons (Fsp3) is 0.100. The number of fused-ring (bicyclic) bond motifs is 1. The number of rotatable bonds is 1. The summed E-state index contributed by atoms with van der Waals surface area (Å²) in [6.07, 6.45) is 0.153. The molecule has 0 amide bonds. The Labute approximate surface area is 84.4 Å². The van der Waals surface area contributed by atoms with Gasteiger partial charge in [-0.05, 0) is 22.9 Å². The van der Waals surface area contributed by atoms with E-state index in [1.54, 1.807) is 0 Å². The van der Waals surface area contributed by atoms with Crippen molar-refractivity contribution in [3.8, 4) is 6.07 Å². The molecule has 1 heterocycles. The summed E-state index contributed by atoms with van der Waals surface area (Å²) in [6, 6.07) is 5.22. The minimum atomic E-state index is -0.443. The topological polar surface area (TPSA) is 49.8 Å². The molecule has 1 aromatic heterocycles. The van der Waals surface area contributed by atoms with E-state index in [0.717, 1.165) is 10.1 Å². The van der Waals surface area contributed by atoms with Gasteiger partial charge < -0.3 is 5.73 Å². The van der Waals surface area contributed by atoms with E-state index in [4.69, 9.17) is 11.0 Å². The van der Waals surface area contributed by atoms with Gasteiger partial charge in [-0.2, -0.15) is 5.26 Å². The van der Waals surface area contributed by atoms with Gasteiger partial charge in [0.05, 0.1) is 18.2 Å². The van der Waals surface area contributed by atoms with E-state index in [1.807, 2.05) is 17.5 Å². The van der Waals surface area contributed by atoms with Gasteiger partial charge in [0.2, 0.25) is 0 Å². The van der Waals surface area contributed by atoms with Crippen LogP contribution in [0.1, 0.15) is 5.56 Å². The van der Waals surface area contributed by atoms with Crippen LogP contribution in [0.4, 0.5) is 10.1 Å². The van der Waals surface area contributed by atoms with E-state index in [0.29, 0.717) is 5.56 Å². The fourth-order valence-corrected chi connectivity index (χ4v) is 2.35. The van der Waals surface area contributed by atoms with E-state index >= 15 is 0 Å². The lowest BCUT2D eigenvalue weighted by molar-refractivity contribution is 0.633. The van der Waals surface area contributed by atoms with E-state index in [-0.39, 0.29) is 12.1 Å². The van der Waals surface area contributed by atoms with Gasteiger partial charge in [0.25, 0.3) is 0 Å². The zero-order valence-corrected chi connectivity index (χ0v) is 8.07. The molecule has 4 heteroatoms. The average Bonchev–Trinajstić information content (AvgIpc) is 2.60. The molecular formula is C10H7FN2S. The summed E-state index contributed by atoms with van der Waals surface area (Å²) >= 11 is 1.48. The molecule has 70 valence electrons. The van der Waals surface area contributed by atoms with Crippen molar-refractivity contribution in [3.63, 3.8) is 0 Å². The van der Waals surface area contributed by atoms with Crippen LogP contribution in [0, 0.1) is 17.1 Å². The predicted molar refractivity (Wildman–Crippen MR) is 55.5 cm³/mol. The Balaban J connectivity index is 2.81. The van der Waals surface area contributed by atoms with Gasteiger partial charge in [0.1, 0.15) is 5.82 Å². The first-order valence-corrected chi connectivity index (χ1v) is 4.93. The summed E-state index contributed by atoms with van der Waals surface area (Å²) in [5.41, 5.74) is 6.28. The second kappa shape index (κ2) is 3.28. The van der Waals surface area contributed by atoms with Gasteiger partial charge in [-0.15, -0.1) is 11.3 Å². The van der Waals surface area contributed by atoms with Crippen LogP contribution >= 0.6 is 11.3 Å². The molecule has 0 aliphatic heterocycles. The standard InChI is InChI=1S/C10H7FN2S/c11-8-5-6-2-4-14-10(6)7(1-3-12)9(8)13/h2,4-5H,1,13H2. The molecular weight excluding hydrogens is 199 g/mol. The molecule has 0 aliphatic rings. The van der Waals surface area contributed by atoms with Gasteiger partial charge in [0.15, 0.2) is 0 Å². The second-order valence-electron chi connectivity index (χ2n) is 2.92. The van der Waals surface area contributed by atoms with Crippen LogP contribution < -0.4 is 5.73 Å². The molecule has 0 spiro atoms. The molecule has 0 unspecified atom stereocenters. The number of nitrogens with zero attached hydrogens (tertiary/aromatic N) is 1. The lowest BCUT2D eigenvalue weighted by Gasteiger charge is -2.04. The highest BCUT2D eigenvalue weighted by atomic mass is 32.1. The largest absolute Gasteiger partial charge is 0.396 e. The molecule has 0 atom stereocenters. The molecule has 2 rings (SSSR count). The normalized spacial score (nSPS) is 10.3. The second-order valence-corrected chi connectivity index (χ2v) is 3.84. The number of hydrogen-bond donors (Lipinski definition) is 1. The molecule has 2 nitrogen and oxygen atoms in total. The quantitative estimate of drug-likeness (QED) is 0.729. The van der Waals surface area contributed by atoms with Crippen LogP contribution in [-0.2, 0) is 6.42 Å². The molecule has 0 bridgehead atoms. The highest BCUT2D eigenvalue weighted by Gasteiger charge is 2.11. The molecule has 0 aliphatic carbocycles. The van der Waals surface area contributed by atoms with Crippen molar-refractivity contribution >= 4 is 27.1 Å². The minimum Gasteiger partial charge on any atom is -0.396 e. The van der Waals surface area contributed by atoms with Crippen molar-refractivity contribution in [1.29, 1.82) is 5.26 Å². The van der Waals surface area contributed by atoms with Gasteiger partial charge in [-0.1, -0.05) is 0 Å². The number of halogens is 1. The highest BCUT2D eigenvalue weighted by Crippen LogP contribution is 2.31. The van der Waals surface area contributed by atoms with Crippen LogP contribution in [0.3, 0.4) is 0 Å². The summed E-state index contributed by atoms with van der Waals surface area (Å²) in [5.74, 6) is -0.443. The van der Waals surface area contributed by atoms with Crippen LogP contribution in [-0.4, -0.2) is 0 Å². The highest BCUT2D eigenvalue weighted by molar-refractivity contribution is 7.17. The maximum atomic E-state index is 13.3. The Kier molecular flexibility index (Phi) is 2.10. The Morgan fingerprint density at radius 3 is 3.07 bits per heavy atom. The number of nitrogens with two attached hydrogens (primary N) is 1. The number of nitrogen functional groups attached to an aromatic ring is 1. The molecule has 0 fully saturated rings. The Bertz CT molecular complexity index is 525. The summed E-state index contributed by atoms with van der Waals surface area (Å²) in [4.78, 5) is 0. The lowest BCUT2D eigenvalue weighted by Crippen LogP contribution is -1.97. The maximum absolute atomic E-state index is 13.3. The maximum Gasteiger partial charge on any atom is 0.147 e. The Hall–Kier alpha value is -1.60. The summed E-state index contributed by atoms with van der Waals surface area (Å²) < 4.78 is 14.2. The molecule has 0 radical (unpaired) electrons. The lowest BCUT2D eigenvalue weighted by atomic mass is 10.1. The SMILES string of the molecule is N#CCc1c(N)c(F)cc2ccsc12. The smallest absolute Gasteiger partial charge is 0.147 e. The van der Waals surface area contributed by atoms with Crippen molar-refractivity contribution in [1.82, 2.24) is 0 Å². The molecule has 1 aromatic carbocycles. The van der Waals surface area contributed by atoms with Crippen LogP contribution in [0.25, 0.3) is 10.1 Å². The number of thiophene rings is 1. The van der Waals surface area contributed by atoms with Crippen molar-refractivity contribution in [2.75, 3.05) is 5.73 Å². The van der Waals surface area contributed by atoms with Gasteiger partial charge in [-0.3, -0.25) is 0 Å². The van der Waals surface area contributed by atoms with Crippen LogP contribution in [0.5, 0.6) is 0 Å². The van der Waals surface area contributed by atoms with E-state index in [2.05, 4.69) is 0 Å². The number of nitriles is 1. The van der Waals surface area contributed by atoms with Gasteiger partial charge in [0, 0.05) is 10.3 Å². The Morgan fingerprint density at radius 1 is 1.57 bits per heavy atom. The Morgan fingerprint density at radius 2 is 2.36 bits per heavy atom. The number of benzene rings is 1. The molecule has 2 aromatic rings. The third kappa shape index (κ3) is 1.22. The molecule has 14 heavy (non-hydrogen) atoms.